The highest BCUT2D eigenvalue weighted by Crippen LogP contribution is 2.33. The van der Waals surface area contributed by atoms with Crippen LogP contribution in [-0.2, 0) is 11.3 Å². The first-order valence-electron chi connectivity index (χ1n) is 10.4. The summed E-state index contributed by atoms with van der Waals surface area (Å²) in [6.07, 6.45) is 6.98. The molecule has 3 aromatic rings. The molecule has 1 unspecified atom stereocenters. The molecule has 1 amide bonds. The van der Waals surface area contributed by atoms with Crippen LogP contribution >= 0.6 is 0 Å². The fraction of sp³-hybridized carbons (Fsp3) is 0.208. The molecule has 2 aromatic heterocycles. The Labute approximate surface area is 184 Å². The highest BCUT2D eigenvalue weighted by Gasteiger charge is 2.37. The van der Waals surface area contributed by atoms with Crippen LogP contribution in [0.5, 0.6) is 5.75 Å². The van der Waals surface area contributed by atoms with E-state index < -0.39 is 23.1 Å². The van der Waals surface area contributed by atoms with Crippen molar-refractivity contribution in [1.29, 1.82) is 0 Å². The van der Waals surface area contributed by atoms with E-state index in [0.717, 1.165) is 16.8 Å². The highest BCUT2D eigenvalue weighted by atomic mass is 16.5. The van der Waals surface area contributed by atoms with E-state index in [9.17, 15) is 14.7 Å². The molecule has 1 N–H and O–H groups in total. The van der Waals surface area contributed by atoms with E-state index in [4.69, 9.17) is 4.74 Å². The maximum Gasteiger partial charge on any atom is 0.278 e. The number of amides is 1. The molecule has 0 saturated heterocycles. The van der Waals surface area contributed by atoms with Crippen LogP contribution in [0.4, 0.5) is 0 Å². The van der Waals surface area contributed by atoms with Crippen molar-refractivity contribution in [2.24, 2.45) is 0 Å². The molecule has 0 fully saturated rings. The van der Waals surface area contributed by atoms with Crippen LogP contribution in [0.25, 0.3) is 0 Å². The number of pyridine rings is 2. The van der Waals surface area contributed by atoms with Gasteiger partial charge in [0.05, 0.1) is 18.9 Å². The lowest BCUT2D eigenvalue weighted by molar-refractivity contribution is 0.0698. The van der Waals surface area contributed by atoms with Gasteiger partial charge in [-0.2, -0.15) is 0 Å². The lowest BCUT2D eigenvalue weighted by atomic mass is 9.97. The van der Waals surface area contributed by atoms with Gasteiger partial charge in [-0.25, -0.2) is 0 Å². The zero-order chi connectivity index (χ0) is 22.1. The lowest BCUT2D eigenvalue weighted by Crippen LogP contribution is -2.55. The van der Waals surface area contributed by atoms with Crippen molar-refractivity contribution in [2.45, 2.75) is 12.6 Å². The van der Waals surface area contributed by atoms with Crippen LogP contribution in [0.1, 0.15) is 33.4 Å². The van der Waals surface area contributed by atoms with E-state index in [0.29, 0.717) is 19.8 Å². The van der Waals surface area contributed by atoms with Crippen LogP contribution in [0.3, 0.4) is 0 Å². The Hall–Kier alpha value is -3.91. The zero-order valence-electron chi connectivity index (χ0n) is 17.3. The van der Waals surface area contributed by atoms with Crippen LogP contribution in [-0.4, -0.2) is 45.4 Å². The third kappa shape index (κ3) is 3.44. The van der Waals surface area contributed by atoms with Crippen molar-refractivity contribution < 1.29 is 14.6 Å². The number of carbonyl (C=O) groups is 1. The van der Waals surface area contributed by atoms with E-state index in [2.05, 4.69) is 4.98 Å². The molecule has 1 atom stereocenters. The summed E-state index contributed by atoms with van der Waals surface area (Å²) in [5, 5.41) is 12.5. The Morgan fingerprint density at radius 2 is 1.88 bits per heavy atom. The van der Waals surface area contributed by atoms with Gasteiger partial charge in [-0.05, 0) is 23.3 Å². The average molecular weight is 430 g/mol. The number of fused-ring (bicyclic) bond motifs is 5. The third-order valence-electron chi connectivity index (χ3n) is 5.72. The standard InChI is InChI=1S/C24H22N4O4/c29-20-10-13-27-22(23(20)30)24(31)26-12-5-6-14-32-15-17-7-1-2-8-18(17)21(28(27)16-26)19-9-3-4-11-25-19/h1-11,13,21,30H,12,14-16H2/b6-5+. The molecular formula is C24H22N4O4. The smallest absolute Gasteiger partial charge is 0.278 e. The minimum Gasteiger partial charge on any atom is -0.502 e. The number of benzene rings is 1. The predicted octanol–water partition coefficient (Wildman–Crippen LogP) is 2.18. The number of aromatic nitrogens is 2. The summed E-state index contributed by atoms with van der Waals surface area (Å²) < 4.78 is 7.42. The molecule has 5 rings (SSSR count). The highest BCUT2D eigenvalue weighted by molar-refractivity contribution is 5.96. The summed E-state index contributed by atoms with van der Waals surface area (Å²) in [4.78, 5) is 31.6. The molecule has 0 radical (unpaired) electrons. The number of carbonyl (C=O) groups excluding carboxylic acids is 1. The topological polar surface area (TPSA) is 87.9 Å². The molecule has 4 heterocycles. The second-order valence-corrected chi connectivity index (χ2v) is 7.67. The number of aromatic hydroxyl groups is 1. The molecule has 0 aliphatic carbocycles. The largest absolute Gasteiger partial charge is 0.502 e. The maximum atomic E-state index is 13.2. The number of hydrogen-bond donors (Lipinski definition) is 1. The van der Waals surface area contributed by atoms with Gasteiger partial charge in [0, 0.05) is 25.0 Å². The van der Waals surface area contributed by atoms with Crippen molar-refractivity contribution in [3.8, 4) is 5.75 Å². The van der Waals surface area contributed by atoms with Gasteiger partial charge < -0.3 is 14.7 Å². The number of ether oxygens (including phenoxy) is 1. The minimum atomic E-state index is -0.591. The Bertz CT molecular complexity index is 1240. The summed E-state index contributed by atoms with van der Waals surface area (Å²) in [5.74, 6) is -0.966. The van der Waals surface area contributed by atoms with Crippen molar-refractivity contribution in [2.75, 3.05) is 24.8 Å². The second-order valence-electron chi connectivity index (χ2n) is 7.67. The molecule has 0 saturated carbocycles. The summed E-state index contributed by atoms with van der Waals surface area (Å²) >= 11 is 0. The molecular weight excluding hydrogens is 408 g/mol. The molecule has 162 valence electrons. The Morgan fingerprint density at radius 3 is 2.72 bits per heavy atom. The third-order valence-corrected chi connectivity index (χ3v) is 5.72. The van der Waals surface area contributed by atoms with Crippen LogP contribution < -0.4 is 10.4 Å². The number of rotatable bonds is 1. The van der Waals surface area contributed by atoms with Crippen molar-refractivity contribution in [3.63, 3.8) is 0 Å². The maximum absolute atomic E-state index is 13.2. The second kappa shape index (κ2) is 8.32. The fourth-order valence-electron chi connectivity index (χ4n) is 4.18. The molecule has 8 heteroatoms. The molecule has 2 bridgehead atoms. The van der Waals surface area contributed by atoms with E-state index in [-0.39, 0.29) is 12.4 Å². The molecule has 32 heavy (non-hydrogen) atoms. The lowest BCUT2D eigenvalue weighted by Gasteiger charge is -2.43. The van der Waals surface area contributed by atoms with E-state index in [1.807, 2.05) is 59.6 Å². The van der Waals surface area contributed by atoms with Gasteiger partial charge >= 0.3 is 0 Å². The van der Waals surface area contributed by atoms with E-state index in [1.165, 1.54) is 12.3 Å². The van der Waals surface area contributed by atoms with Crippen LogP contribution in [0.2, 0.25) is 0 Å². The predicted molar refractivity (Wildman–Crippen MR) is 118 cm³/mol. The number of hydrogen-bond acceptors (Lipinski definition) is 6. The summed E-state index contributed by atoms with van der Waals surface area (Å²) in [6, 6.07) is 14.5. The van der Waals surface area contributed by atoms with Gasteiger partial charge in [-0.15, -0.1) is 0 Å². The van der Waals surface area contributed by atoms with Gasteiger partial charge in [0.1, 0.15) is 12.7 Å². The van der Waals surface area contributed by atoms with Gasteiger partial charge in [0.25, 0.3) is 5.91 Å². The molecule has 0 spiro atoms. The molecule has 8 nitrogen and oxygen atoms in total. The average Bonchev–Trinajstić information content (AvgIpc) is 2.81. The molecule has 1 aromatic carbocycles. The van der Waals surface area contributed by atoms with Gasteiger partial charge in [-0.1, -0.05) is 42.5 Å². The zero-order valence-corrected chi connectivity index (χ0v) is 17.3. The van der Waals surface area contributed by atoms with E-state index in [1.54, 1.807) is 15.8 Å². The summed E-state index contributed by atoms with van der Waals surface area (Å²) in [6.45, 7) is 1.39. The van der Waals surface area contributed by atoms with Crippen molar-refractivity contribution in [3.05, 3.63) is 106 Å². The van der Waals surface area contributed by atoms with Gasteiger partial charge in [-0.3, -0.25) is 24.3 Å². The Morgan fingerprint density at radius 1 is 1.03 bits per heavy atom. The van der Waals surface area contributed by atoms with Crippen molar-refractivity contribution >= 4 is 5.91 Å². The summed E-state index contributed by atoms with van der Waals surface area (Å²) in [5.41, 5.74) is 2.09. The SMILES string of the molecule is O=C1c2c(O)c(=O)ccn2N2CN1C/C=C/COCc1ccccc1C2c1ccccn1. The molecule has 2 aliphatic rings. The van der Waals surface area contributed by atoms with Gasteiger partial charge in [0.15, 0.2) is 11.4 Å². The first kappa shape index (κ1) is 20.0. The Balaban J connectivity index is 1.78. The normalized spacial score (nSPS) is 19.4. The number of nitrogens with zero attached hydrogens (tertiary/aromatic N) is 4. The van der Waals surface area contributed by atoms with Gasteiger partial charge in [0.2, 0.25) is 5.43 Å². The van der Waals surface area contributed by atoms with Crippen molar-refractivity contribution in [1.82, 2.24) is 14.6 Å². The molecule has 2 aliphatic heterocycles. The Kier molecular flexibility index (Phi) is 5.20. The fourth-order valence-corrected chi connectivity index (χ4v) is 4.18. The summed E-state index contributed by atoms with van der Waals surface area (Å²) in [7, 11) is 0. The quantitative estimate of drug-likeness (QED) is 0.596. The van der Waals surface area contributed by atoms with E-state index >= 15 is 0 Å². The minimum absolute atomic E-state index is 0.0520. The first-order valence-corrected chi connectivity index (χ1v) is 10.4. The first-order chi connectivity index (χ1) is 15.6. The van der Waals surface area contributed by atoms with Crippen LogP contribution in [0.15, 0.2) is 77.9 Å². The monoisotopic (exact) mass is 430 g/mol. The van der Waals surface area contributed by atoms with Crippen LogP contribution in [0, 0.1) is 0 Å².